The highest BCUT2D eigenvalue weighted by Crippen LogP contribution is 2.48. The molecule has 3 heterocycles. The molecule has 1 aliphatic carbocycles. The summed E-state index contributed by atoms with van der Waals surface area (Å²) in [7, 11) is 2.85. The van der Waals surface area contributed by atoms with E-state index in [-0.39, 0.29) is 38.9 Å². The number of hydrogen-bond donors (Lipinski definition) is 2. The molecule has 3 aromatic carbocycles. The Morgan fingerprint density at radius 2 is 1.24 bits per heavy atom. The molecule has 2 saturated heterocycles. The summed E-state index contributed by atoms with van der Waals surface area (Å²) in [4.78, 5) is 60.3. The summed E-state index contributed by atoms with van der Waals surface area (Å²) >= 11 is 11.2. The molecule has 0 radical (unpaired) electrons. The average Bonchev–Trinajstić information content (AvgIpc) is 3.54. The molecular weight excluding hydrogens is 797 g/mol. The Balaban J connectivity index is 0.000000199. The highest BCUT2D eigenvalue weighted by atomic mass is 32.1. The largest absolute Gasteiger partial charge is 0.355 e. The number of benzene rings is 3. The van der Waals surface area contributed by atoms with E-state index >= 15 is 0 Å². The Morgan fingerprint density at radius 1 is 0.729 bits per heavy atom. The summed E-state index contributed by atoms with van der Waals surface area (Å²) in [5, 5.41) is 23.4. The minimum Gasteiger partial charge on any atom is -0.355 e. The molecule has 17 heteroatoms. The number of nitrogens with one attached hydrogen (secondary N) is 2. The Hall–Kier alpha value is -6.69. The van der Waals surface area contributed by atoms with Crippen molar-refractivity contribution in [1.29, 1.82) is 10.5 Å². The molecule has 59 heavy (non-hydrogen) atoms. The van der Waals surface area contributed by atoms with Crippen LogP contribution in [-0.4, -0.2) is 64.0 Å². The fourth-order valence-corrected chi connectivity index (χ4v) is 8.29. The third-order valence-electron chi connectivity index (χ3n) is 10.6. The predicted octanol–water partition coefficient (Wildman–Crippen LogP) is 6.10. The molecule has 3 fully saturated rings. The maximum Gasteiger partial charge on any atom is 0.259 e. The van der Waals surface area contributed by atoms with Gasteiger partial charge in [-0.3, -0.25) is 29.0 Å². The topological polar surface area (TPSA) is 166 Å². The van der Waals surface area contributed by atoms with Gasteiger partial charge < -0.3 is 20.4 Å². The standard InChI is InChI=1S/C21H18FN5O2S.C21H19FN4O2S/c1-12-8-14(11-25-17(12)10-23)26-19(29)21(6-3-7-21)27(20(26)30)13-4-5-15(16(22)9-13)18(28)24-2;1-12-9-14(6-5-13(12)11-23)25-19(28)21(2,3)26(20(25)29)15-7-8-16(17(22)10-15)18(27)24-4/h4-5,8-9,11H,3,6-7H2,1-2H3,(H,24,28);5-10H,1-4H3,(H,24,27). The zero-order valence-electron chi connectivity index (χ0n) is 32.8. The quantitative estimate of drug-likeness (QED) is 0.216. The monoisotopic (exact) mass is 833 g/mol. The molecule has 0 bridgehead atoms. The first-order chi connectivity index (χ1) is 28.0. The SMILES string of the molecule is CNC(=O)c1ccc(N2C(=S)N(c3ccc(C#N)c(C)c3)C(=O)C2(C)C)cc1F.CNC(=O)c1ccc(N2C(=S)N(c3cnc(C#N)c(C)c3)C(=O)C23CCC3)cc1F. The molecule has 3 aliphatic rings. The van der Waals surface area contributed by atoms with Crippen LogP contribution in [0.4, 0.5) is 31.5 Å². The number of anilines is 4. The van der Waals surface area contributed by atoms with Gasteiger partial charge in [0, 0.05) is 25.5 Å². The van der Waals surface area contributed by atoms with E-state index in [1.807, 2.05) is 6.07 Å². The molecule has 0 unspecified atom stereocenters. The lowest BCUT2D eigenvalue weighted by molar-refractivity contribution is -0.124. The van der Waals surface area contributed by atoms with E-state index in [9.17, 15) is 28.0 Å². The minimum atomic E-state index is -1.07. The second kappa shape index (κ2) is 15.9. The van der Waals surface area contributed by atoms with Crippen molar-refractivity contribution in [2.45, 2.75) is 58.0 Å². The third-order valence-corrected chi connectivity index (χ3v) is 11.4. The van der Waals surface area contributed by atoms with Crippen molar-refractivity contribution < 1.29 is 28.0 Å². The zero-order chi connectivity index (χ0) is 43.1. The minimum absolute atomic E-state index is 0.0795. The number of aryl methyl sites for hydroxylation is 2. The van der Waals surface area contributed by atoms with Crippen molar-refractivity contribution in [3.63, 3.8) is 0 Å². The van der Waals surface area contributed by atoms with Gasteiger partial charge in [0.05, 0.1) is 40.3 Å². The zero-order valence-corrected chi connectivity index (χ0v) is 34.4. The van der Waals surface area contributed by atoms with Gasteiger partial charge >= 0.3 is 0 Å². The summed E-state index contributed by atoms with van der Waals surface area (Å²) in [5.41, 5.74) is 1.81. The van der Waals surface area contributed by atoms with E-state index in [2.05, 4.69) is 21.7 Å². The Labute approximate surface area is 349 Å². The maximum absolute atomic E-state index is 14.6. The van der Waals surface area contributed by atoms with Crippen LogP contribution in [0, 0.1) is 48.1 Å². The molecular formula is C42H37F2N9O4S2. The fraction of sp³-hybridized carbons (Fsp3) is 0.262. The highest BCUT2D eigenvalue weighted by Gasteiger charge is 2.59. The molecule has 4 aromatic rings. The van der Waals surface area contributed by atoms with E-state index in [1.54, 1.807) is 73.9 Å². The molecule has 2 aliphatic heterocycles. The number of amides is 4. The second-order valence-electron chi connectivity index (χ2n) is 14.5. The van der Waals surface area contributed by atoms with Crippen LogP contribution in [0.1, 0.15) is 76.2 Å². The van der Waals surface area contributed by atoms with Crippen molar-refractivity contribution >= 4 is 81.0 Å². The number of rotatable bonds is 6. The molecule has 4 amide bonds. The summed E-state index contributed by atoms with van der Waals surface area (Å²) < 4.78 is 29.1. The second-order valence-corrected chi connectivity index (χ2v) is 15.3. The lowest BCUT2D eigenvalue weighted by Gasteiger charge is -2.43. The van der Waals surface area contributed by atoms with E-state index < -0.39 is 34.5 Å². The van der Waals surface area contributed by atoms with Crippen LogP contribution in [0.2, 0.25) is 0 Å². The van der Waals surface area contributed by atoms with Gasteiger partial charge in [-0.2, -0.15) is 10.5 Å². The van der Waals surface area contributed by atoms with Gasteiger partial charge in [-0.1, -0.05) is 0 Å². The molecule has 2 N–H and O–H groups in total. The molecule has 300 valence electrons. The van der Waals surface area contributed by atoms with E-state index in [0.29, 0.717) is 46.7 Å². The van der Waals surface area contributed by atoms with Gasteiger partial charge in [0.15, 0.2) is 10.2 Å². The molecule has 0 atom stereocenters. The summed E-state index contributed by atoms with van der Waals surface area (Å²) in [6, 6.07) is 19.1. The molecule has 13 nitrogen and oxygen atoms in total. The van der Waals surface area contributed by atoms with Crippen molar-refractivity contribution in [2.24, 2.45) is 0 Å². The first kappa shape index (κ1) is 41.9. The van der Waals surface area contributed by atoms with E-state index in [0.717, 1.165) is 12.0 Å². The fourth-order valence-electron chi connectivity index (χ4n) is 7.30. The lowest BCUT2D eigenvalue weighted by Crippen LogP contribution is -2.55. The number of halogens is 2. The number of pyridine rings is 1. The van der Waals surface area contributed by atoms with Crippen LogP contribution in [0.5, 0.6) is 0 Å². The van der Waals surface area contributed by atoms with Gasteiger partial charge in [-0.15, -0.1) is 0 Å². The predicted molar refractivity (Wildman–Crippen MR) is 225 cm³/mol. The van der Waals surface area contributed by atoms with Gasteiger partial charge in [0.2, 0.25) is 0 Å². The van der Waals surface area contributed by atoms with E-state index in [4.69, 9.17) is 35.0 Å². The molecule has 1 spiro atoms. The Morgan fingerprint density at radius 3 is 1.69 bits per heavy atom. The highest BCUT2D eigenvalue weighted by molar-refractivity contribution is 7.81. The van der Waals surface area contributed by atoms with Gasteiger partial charge in [-0.25, -0.2) is 13.8 Å². The van der Waals surface area contributed by atoms with E-state index in [1.165, 1.54) is 54.4 Å². The van der Waals surface area contributed by atoms with Crippen molar-refractivity contribution in [1.82, 2.24) is 15.6 Å². The van der Waals surface area contributed by atoms with Crippen LogP contribution >= 0.6 is 24.4 Å². The smallest absolute Gasteiger partial charge is 0.259 e. The van der Waals surface area contributed by atoms with Crippen LogP contribution < -0.4 is 30.2 Å². The summed E-state index contributed by atoms with van der Waals surface area (Å²) in [6.07, 6.45) is 3.47. The number of carbonyl (C=O) groups excluding carboxylic acids is 4. The van der Waals surface area contributed by atoms with Crippen molar-refractivity contribution in [2.75, 3.05) is 33.7 Å². The van der Waals surface area contributed by atoms with Gasteiger partial charge in [0.25, 0.3) is 23.6 Å². The van der Waals surface area contributed by atoms with Crippen molar-refractivity contribution in [3.05, 3.63) is 112 Å². The van der Waals surface area contributed by atoms with Crippen LogP contribution in [0.15, 0.2) is 66.9 Å². The number of hydrogen-bond acceptors (Lipinski definition) is 9. The van der Waals surface area contributed by atoms with Gasteiger partial charge in [0.1, 0.15) is 34.5 Å². The molecule has 1 aromatic heterocycles. The van der Waals surface area contributed by atoms with Gasteiger partial charge in [-0.05, 0) is 143 Å². The Kier molecular flexibility index (Phi) is 11.3. The third kappa shape index (κ3) is 7.02. The average molecular weight is 834 g/mol. The number of thiocarbonyl (C=S) groups is 2. The number of nitrogens with zero attached hydrogens (tertiary/aromatic N) is 7. The maximum atomic E-state index is 14.6. The van der Waals surface area contributed by atoms with Crippen molar-refractivity contribution in [3.8, 4) is 12.1 Å². The van der Waals surface area contributed by atoms with Crippen LogP contribution in [-0.2, 0) is 9.59 Å². The summed E-state index contributed by atoms with van der Waals surface area (Å²) in [5.74, 6) is -2.93. The van der Waals surface area contributed by atoms with Crippen LogP contribution in [0.25, 0.3) is 0 Å². The summed E-state index contributed by atoms with van der Waals surface area (Å²) in [6.45, 7) is 6.91. The Bertz CT molecular complexity index is 2580. The molecule has 7 rings (SSSR count). The molecule has 1 saturated carbocycles. The number of aromatic nitrogens is 1. The number of nitriles is 2. The number of carbonyl (C=O) groups is 4. The first-order valence-electron chi connectivity index (χ1n) is 18.3. The first-order valence-corrected chi connectivity index (χ1v) is 19.1. The van der Waals surface area contributed by atoms with Crippen LogP contribution in [0.3, 0.4) is 0 Å². The lowest BCUT2D eigenvalue weighted by atomic mass is 9.75. The normalized spacial score (nSPS) is 16.3.